The lowest BCUT2D eigenvalue weighted by Gasteiger charge is -2.07. The molecule has 0 aliphatic heterocycles. The zero-order chi connectivity index (χ0) is 15.2. The van der Waals surface area contributed by atoms with Gasteiger partial charge in [0.25, 0.3) is 5.91 Å². The van der Waals surface area contributed by atoms with E-state index in [1.54, 1.807) is 30.3 Å². The van der Waals surface area contributed by atoms with Crippen LogP contribution >= 0.6 is 22.9 Å². The highest BCUT2D eigenvalue weighted by molar-refractivity contribution is 7.14. The summed E-state index contributed by atoms with van der Waals surface area (Å²) in [4.78, 5) is 13.4. The third-order valence-corrected chi connectivity index (χ3v) is 3.82. The van der Waals surface area contributed by atoms with E-state index < -0.39 is 0 Å². The Hall–Kier alpha value is -2.00. The van der Waals surface area contributed by atoms with E-state index >= 15 is 0 Å². The molecule has 6 heteroatoms. The summed E-state index contributed by atoms with van der Waals surface area (Å²) in [6.45, 7) is -0.205. The van der Waals surface area contributed by atoms with Crippen molar-refractivity contribution >= 4 is 34.5 Å². The summed E-state index contributed by atoms with van der Waals surface area (Å²) in [5, 5.41) is 11.8. The number of nitrogens with one attached hydrogen (secondary N) is 1. The molecule has 1 heterocycles. The van der Waals surface area contributed by atoms with Gasteiger partial charge >= 0.3 is 0 Å². The van der Waals surface area contributed by atoms with Crippen molar-refractivity contribution in [1.29, 1.82) is 0 Å². The molecule has 1 amide bonds. The van der Waals surface area contributed by atoms with Crippen molar-refractivity contribution < 1.29 is 14.6 Å². The van der Waals surface area contributed by atoms with E-state index in [1.807, 2.05) is 0 Å². The van der Waals surface area contributed by atoms with Gasteiger partial charge in [-0.3, -0.25) is 4.79 Å². The third kappa shape index (κ3) is 3.99. The molecule has 0 aliphatic rings. The summed E-state index contributed by atoms with van der Waals surface area (Å²) >= 11 is 7.26. The molecule has 0 atom stereocenters. The van der Waals surface area contributed by atoms with Crippen LogP contribution in [0.3, 0.4) is 0 Å². The quantitative estimate of drug-likeness (QED) is 0.854. The zero-order valence-electron chi connectivity index (χ0n) is 11.1. The van der Waals surface area contributed by atoms with Crippen molar-refractivity contribution in [2.75, 3.05) is 19.0 Å². The maximum Gasteiger partial charge on any atom is 0.265 e. The number of rotatable bonds is 3. The van der Waals surface area contributed by atoms with Gasteiger partial charge in [-0.25, -0.2) is 0 Å². The van der Waals surface area contributed by atoms with Crippen LogP contribution in [0.15, 0.2) is 30.3 Å². The highest BCUT2D eigenvalue weighted by atomic mass is 35.5. The number of halogens is 1. The lowest BCUT2D eigenvalue weighted by molar-refractivity contribution is 0.103. The van der Waals surface area contributed by atoms with Crippen LogP contribution in [0.2, 0.25) is 5.02 Å². The molecule has 0 bridgehead atoms. The Balaban J connectivity index is 2.10. The van der Waals surface area contributed by atoms with Gasteiger partial charge in [0.15, 0.2) is 0 Å². The maximum atomic E-state index is 12.1. The van der Waals surface area contributed by atoms with Gasteiger partial charge in [-0.2, -0.15) is 0 Å². The summed E-state index contributed by atoms with van der Waals surface area (Å²) in [5.41, 5.74) is 0.585. The zero-order valence-corrected chi connectivity index (χ0v) is 12.7. The van der Waals surface area contributed by atoms with Crippen molar-refractivity contribution in [1.82, 2.24) is 0 Å². The van der Waals surface area contributed by atoms with Gasteiger partial charge in [-0.1, -0.05) is 23.4 Å². The second kappa shape index (κ2) is 7.14. The molecular weight excluding hydrogens is 310 g/mol. The van der Waals surface area contributed by atoms with E-state index in [0.717, 1.165) is 4.88 Å². The highest BCUT2D eigenvalue weighted by Crippen LogP contribution is 2.27. The first-order valence-corrected chi connectivity index (χ1v) is 7.18. The minimum absolute atomic E-state index is 0.205. The number of ether oxygens (including phenoxy) is 1. The Morgan fingerprint density at radius 3 is 2.90 bits per heavy atom. The number of anilines is 1. The molecule has 0 saturated carbocycles. The summed E-state index contributed by atoms with van der Waals surface area (Å²) in [7, 11) is 1.53. The molecule has 2 rings (SSSR count). The van der Waals surface area contributed by atoms with Gasteiger partial charge in [-0.05, 0) is 30.3 Å². The summed E-state index contributed by atoms with van der Waals surface area (Å²) in [5.74, 6) is 5.61. The molecule has 0 unspecified atom stereocenters. The van der Waals surface area contributed by atoms with Gasteiger partial charge in [0, 0.05) is 5.69 Å². The van der Waals surface area contributed by atoms with Crippen molar-refractivity contribution in [3.63, 3.8) is 0 Å². The fourth-order valence-corrected chi connectivity index (χ4v) is 2.62. The number of aliphatic hydroxyl groups is 1. The van der Waals surface area contributed by atoms with Crippen molar-refractivity contribution in [2.24, 2.45) is 0 Å². The predicted octanol–water partition coefficient (Wildman–Crippen LogP) is 3.01. The monoisotopic (exact) mass is 321 g/mol. The first-order valence-electron chi connectivity index (χ1n) is 5.98. The first kappa shape index (κ1) is 15.4. The van der Waals surface area contributed by atoms with E-state index in [1.165, 1.54) is 18.4 Å². The maximum absolute atomic E-state index is 12.1. The van der Waals surface area contributed by atoms with E-state index in [2.05, 4.69) is 17.2 Å². The second-order valence-electron chi connectivity index (χ2n) is 3.93. The van der Waals surface area contributed by atoms with Crippen molar-refractivity contribution in [3.05, 3.63) is 45.1 Å². The second-order valence-corrected chi connectivity index (χ2v) is 5.42. The number of methoxy groups -OCH3 is 1. The number of benzene rings is 1. The normalized spacial score (nSPS) is 9.67. The number of thiophene rings is 1. The Morgan fingerprint density at radius 2 is 2.24 bits per heavy atom. The molecule has 0 fully saturated rings. The highest BCUT2D eigenvalue weighted by Gasteiger charge is 2.10. The van der Waals surface area contributed by atoms with Crippen LogP contribution < -0.4 is 10.1 Å². The smallest absolute Gasteiger partial charge is 0.265 e. The van der Waals surface area contributed by atoms with Crippen LogP contribution in [0.25, 0.3) is 0 Å². The molecule has 4 nitrogen and oxygen atoms in total. The number of aliphatic hydroxyl groups excluding tert-OH is 1. The number of amides is 1. The largest absolute Gasteiger partial charge is 0.495 e. The lowest BCUT2D eigenvalue weighted by Crippen LogP contribution is -2.09. The van der Waals surface area contributed by atoms with Crippen molar-refractivity contribution in [3.8, 4) is 17.6 Å². The minimum Gasteiger partial charge on any atom is -0.495 e. The van der Waals surface area contributed by atoms with Crippen molar-refractivity contribution in [2.45, 2.75) is 0 Å². The van der Waals surface area contributed by atoms with E-state index in [-0.39, 0.29) is 12.5 Å². The van der Waals surface area contributed by atoms with Gasteiger partial charge in [-0.15, -0.1) is 11.3 Å². The summed E-state index contributed by atoms with van der Waals surface area (Å²) in [6, 6.07) is 8.45. The third-order valence-electron chi connectivity index (χ3n) is 2.53. The molecule has 0 saturated heterocycles. The van der Waals surface area contributed by atoms with Gasteiger partial charge < -0.3 is 15.2 Å². The van der Waals surface area contributed by atoms with Gasteiger partial charge in [0.05, 0.1) is 21.9 Å². The van der Waals surface area contributed by atoms with Crippen LogP contribution in [0, 0.1) is 11.8 Å². The topological polar surface area (TPSA) is 58.6 Å². The standard InChI is InChI=1S/C15H12ClNO3S/c1-20-13-6-4-10(9-12(13)16)17-15(19)14-7-5-11(21-14)3-2-8-18/h4-7,9,18H,8H2,1H3,(H,17,19). The number of hydrogen-bond acceptors (Lipinski definition) is 4. The molecule has 1 aromatic carbocycles. The molecule has 1 aromatic heterocycles. The molecule has 21 heavy (non-hydrogen) atoms. The molecule has 0 aliphatic carbocycles. The molecule has 0 spiro atoms. The van der Waals surface area contributed by atoms with Gasteiger partial charge in [0.2, 0.25) is 0 Å². The first-order chi connectivity index (χ1) is 10.1. The SMILES string of the molecule is COc1ccc(NC(=O)c2ccc(C#CCO)s2)cc1Cl. The Morgan fingerprint density at radius 1 is 1.43 bits per heavy atom. The molecule has 2 aromatic rings. The molecule has 0 radical (unpaired) electrons. The molecule has 2 N–H and O–H groups in total. The lowest BCUT2D eigenvalue weighted by atomic mass is 10.3. The fourth-order valence-electron chi connectivity index (χ4n) is 1.59. The van der Waals surface area contributed by atoms with E-state index in [4.69, 9.17) is 21.4 Å². The Bertz CT molecular complexity index is 715. The van der Waals surface area contributed by atoms with Crippen LogP contribution in [-0.4, -0.2) is 24.7 Å². The number of carbonyl (C=O) groups excluding carboxylic acids is 1. The number of carbonyl (C=O) groups is 1. The average molecular weight is 322 g/mol. The Labute approximate surface area is 131 Å². The van der Waals surface area contributed by atoms with Crippen LogP contribution in [-0.2, 0) is 0 Å². The summed E-state index contributed by atoms with van der Waals surface area (Å²) < 4.78 is 5.05. The minimum atomic E-state index is -0.238. The predicted molar refractivity (Wildman–Crippen MR) is 84.2 cm³/mol. The van der Waals surface area contributed by atoms with Crippen LogP contribution in [0.5, 0.6) is 5.75 Å². The van der Waals surface area contributed by atoms with E-state index in [9.17, 15) is 4.79 Å². The molecular formula is C15H12ClNO3S. The van der Waals surface area contributed by atoms with Crippen LogP contribution in [0.1, 0.15) is 14.5 Å². The van der Waals surface area contributed by atoms with Gasteiger partial charge in [0.1, 0.15) is 12.4 Å². The molecule has 108 valence electrons. The fraction of sp³-hybridized carbons (Fsp3) is 0.133. The Kier molecular flexibility index (Phi) is 5.23. The van der Waals surface area contributed by atoms with Crippen LogP contribution in [0.4, 0.5) is 5.69 Å². The summed E-state index contributed by atoms with van der Waals surface area (Å²) in [6.07, 6.45) is 0. The average Bonchev–Trinajstić information content (AvgIpc) is 2.94. The van der Waals surface area contributed by atoms with E-state index in [0.29, 0.717) is 21.3 Å². The number of hydrogen-bond donors (Lipinski definition) is 2.